The number of hydrogen-bond acceptors (Lipinski definition) is 8. The van der Waals surface area contributed by atoms with Gasteiger partial charge in [-0.1, -0.05) is 36.2 Å². The van der Waals surface area contributed by atoms with Crippen molar-refractivity contribution < 1.29 is 4.74 Å². The van der Waals surface area contributed by atoms with Crippen molar-refractivity contribution in [1.82, 2.24) is 10.7 Å². The van der Waals surface area contributed by atoms with Gasteiger partial charge in [-0.3, -0.25) is 4.99 Å². The zero-order chi connectivity index (χ0) is 24.8. The minimum absolute atomic E-state index is 0.350. The van der Waals surface area contributed by atoms with Crippen LogP contribution in [0.3, 0.4) is 0 Å². The maximum atomic E-state index is 6.14. The Morgan fingerprint density at radius 3 is 2.48 bits per heavy atom. The summed E-state index contributed by atoms with van der Waals surface area (Å²) in [5.41, 5.74) is 11.5. The molecule has 0 saturated heterocycles. The second-order valence-electron chi connectivity index (χ2n) is 7.11. The van der Waals surface area contributed by atoms with Crippen LogP contribution in [0.4, 0.5) is 0 Å². The zero-order valence-corrected chi connectivity index (χ0v) is 21.1. The van der Waals surface area contributed by atoms with E-state index in [-0.39, 0.29) is 0 Å². The van der Waals surface area contributed by atoms with Crippen LogP contribution in [-0.4, -0.2) is 31.1 Å². The van der Waals surface area contributed by atoms with E-state index in [0.717, 1.165) is 23.1 Å². The van der Waals surface area contributed by atoms with Crippen LogP contribution >= 0.6 is 23.2 Å². The molecule has 0 amide bonds. The van der Waals surface area contributed by atoms with Crippen LogP contribution in [0.1, 0.15) is 45.6 Å². The average Bonchev–Trinajstić information content (AvgIpc) is 2.83. The van der Waals surface area contributed by atoms with E-state index in [1.54, 1.807) is 13.2 Å². The fraction of sp³-hybridized carbons (Fsp3) is 0.409. The van der Waals surface area contributed by atoms with Crippen LogP contribution in [0.25, 0.3) is 0 Å². The summed E-state index contributed by atoms with van der Waals surface area (Å²) in [6, 6.07) is 5.49. The van der Waals surface area contributed by atoms with Crippen LogP contribution in [-0.2, 0) is 11.3 Å². The standard InChI is InChI=1S/C22H34Cl2N8O/c1-5-14(2)21(29-13-16-8-9-17(23)18(24)11-16)30-22(33-4)20(15(3)12-25)28-10-6-7-19(31-26)32-27/h8-9,11-12,29H,5-7,10,13,25-27H2,1-4H3,(H,31,32)/b15-12?,21-14-,28-20?,30-22?. The number of nitrogens with zero attached hydrogens (tertiary/aromatic N) is 3. The maximum Gasteiger partial charge on any atom is 0.241 e. The number of hydrazine groups is 1. The summed E-state index contributed by atoms with van der Waals surface area (Å²) in [5, 5.41) is 7.94. The predicted molar refractivity (Wildman–Crippen MR) is 139 cm³/mol. The van der Waals surface area contributed by atoms with Crippen LogP contribution in [0.15, 0.2) is 56.5 Å². The lowest BCUT2D eigenvalue weighted by Crippen LogP contribution is -2.31. The van der Waals surface area contributed by atoms with Gasteiger partial charge in [0.2, 0.25) is 5.90 Å². The first kappa shape index (κ1) is 28.3. The molecule has 1 rings (SSSR count). The summed E-state index contributed by atoms with van der Waals surface area (Å²) in [6.45, 7) is 6.90. The summed E-state index contributed by atoms with van der Waals surface area (Å²) in [4.78, 5) is 9.39. The topological polar surface area (TPSA) is 148 Å². The lowest BCUT2D eigenvalue weighted by molar-refractivity contribution is 0.409. The highest BCUT2D eigenvalue weighted by atomic mass is 35.5. The molecular formula is C22H34Cl2N8O. The molecule has 9 nitrogen and oxygen atoms in total. The highest BCUT2D eigenvalue weighted by Crippen LogP contribution is 2.22. The number of halogens is 2. The molecule has 0 spiro atoms. The first-order chi connectivity index (χ1) is 15.8. The Morgan fingerprint density at radius 1 is 1.21 bits per heavy atom. The number of rotatable bonds is 11. The first-order valence-corrected chi connectivity index (χ1v) is 11.2. The van der Waals surface area contributed by atoms with Crippen molar-refractivity contribution in [2.75, 3.05) is 13.7 Å². The van der Waals surface area contributed by atoms with Crippen LogP contribution in [0, 0.1) is 0 Å². The Labute approximate surface area is 205 Å². The van der Waals surface area contributed by atoms with Gasteiger partial charge in [0.25, 0.3) is 0 Å². The second kappa shape index (κ2) is 15.2. The van der Waals surface area contributed by atoms with Gasteiger partial charge in [-0.15, -0.1) is 0 Å². The minimum Gasteiger partial charge on any atom is -0.479 e. The average molecular weight is 497 g/mol. The lowest BCUT2D eigenvalue weighted by Gasteiger charge is -2.14. The molecule has 0 atom stereocenters. The monoisotopic (exact) mass is 496 g/mol. The van der Waals surface area contributed by atoms with E-state index in [4.69, 9.17) is 50.4 Å². The quantitative estimate of drug-likeness (QED) is 0.104. The van der Waals surface area contributed by atoms with Gasteiger partial charge in [-0.2, -0.15) is 10.1 Å². The Kier molecular flexibility index (Phi) is 13.0. The second-order valence-corrected chi connectivity index (χ2v) is 7.92. The van der Waals surface area contributed by atoms with E-state index >= 15 is 0 Å². The highest BCUT2D eigenvalue weighted by molar-refractivity contribution is 6.45. The molecule has 8 N–H and O–H groups in total. The molecule has 0 bridgehead atoms. The zero-order valence-electron chi connectivity index (χ0n) is 19.6. The molecule has 0 saturated carbocycles. The number of hydrazone groups is 1. The van der Waals surface area contributed by atoms with Gasteiger partial charge in [-0.25, -0.2) is 5.84 Å². The summed E-state index contributed by atoms with van der Waals surface area (Å²) in [7, 11) is 1.55. The molecule has 1 aromatic carbocycles. The third-order valence-electron chi connectivity index (χ3n) is 4.78. The number of benzene rings is 1. The smallest absolute Gasteiger partial charge is 0.241 e. The van der Waals surface area contributed by atoms with Crippen molar-refractivity contribution in [3.63, 3.8) is 0 Å². The number of ether oxygens (including phenoxy) is 1. The van der Waals surface area contributed by atoms with Gasteiger partial charge in [0.15, 0.2) is 0 Å². The Hall–Kier alpha value is -2.75. The van der Waals surface area contributed by atoms with Crippen molar-refractivity contribution in [3.05, 3.63) is 57.0 Å². The van der Waals surface area contributed by atoms with E-state index in [1.807, 2.05) is 26.0 Å². The van der Waals surface area contributed by atoms with E-state index in [2.05, 4.69) is 27.8 Å². The number of hydrogen-bond donors (Lipinski definition) is 5. The fourth-order valence-corrected chi connectivity index (χ4v) is 2.96. The van der Waals surface area contributed by atoms with Crippen molar-refractivity contribution in [2.24, 2.45) is 32.5 Å². The number of nitrogens with one attached hydrogen (secondary N) is 2. The minimum atomic E-state index is 0.350. The van der Waals surface area contributed by atoms with Crippen LogP contribution < -0.4 is 28.2 Å². The summed E-state index contributed by atoms with van der Waals surface area (Å²) in [6.07, 6.45) is 3.50. The number of amidine groups is 1. The highest BCUT2D eigenvalue weighted by Gasteiger charge is 2.14. The van der Waals surface area contributed by atoms with Gasteiger partial charge >= 0.3 is 0 Å². The fourth-order valence-electron chi connectivity index (χ4n) is 2.64. The molecule has 0 aliphatic carbocycles. The van der Waals surface area contributed by atoms with Crippen LogP contribution in [0.2, 0.25) is 10.0 Å². The summed E-state index contributed by atoms with van der Waals surface area (Å²) in [5.74, 6) is 12.2. The van der Waals surface area contributed by atoms with Gasteiger partial charge in [0.05, 0.1) is 17.2 Å². The first-order valence-electron chi connectivity index (χ1n) is 10.5. The van der Waals surface area contributed by atoms with Gasteiger partial charge in [0, 0.05) is 19.5 Å². The Bertz CT molecular complexity index is 938. The molecule has 0 aliphatic rings. The maximum absolute atomic E-state index is 6.14. The molecule has 0 aliphatic heterocycles. The SMILES string of the molecule is CC/C(C)=C(\N=C(OC)C(=NCCC/C(=N/N)NN)C(C)=CN)NCc1ccc(Cl)c(Cl)c1. The van der Waals surface area contributed by atoms with Crippen LogP contribution in [0.5, 0.6) is 0 Å². The molecule has 0 fully saturated rings. The van der Waals surface area contributed by atoms with Gasteiger partial charge in [0.1, 0.15) is 17.4 Å². The third-order valence-corrected chi connectivity index (χ3v) is 5.51. The summed E-state index contributed by atoms with van der Waals surface area (Å²) >= 11 is 12.2. The molecule has 11 heteroatoms. The van der Waals surface area contributed by atoms with E-state index < -0.39 is 0 Å². The predicted octanol–water partition coefficient (Wildman–Crippen LogP) is 3.59. The van der Waals surface area contributed by atoms with Gasteiger partial charge < -0.3 is 27.1 Å². The summed E-state index contributed by atoms with van der Waals surface area (Å²) < 4.78 is 5.60. The van der Waals surface area contributed by atoms with E-state index in [9.17, 15) is 0 Å². The molecule has 182 valence electrons. The molecule has 0 unspecified atom stereocenters. The normalized spacial score (nSPS) is 14.2. The molecule has 0 radical (unpaired) electrons. The largest absolute Gasteiger partial charge is 0.479 e. The number of allylic oxidation sites excluding steroid dienone is 1. The van der Waals surface area contributed by atoms with E-state index in [0.29, 0.717) is 59.2 Å². The van der Waals surface area contributed by atoms with E-state index in [1.165, 1.54) is 6.20 Å². The molecule has 33 heavy (non-hydrogen) atoms. The number of aliphatic imine (C=N–C) groups is 2. The molecule has 0 aromatic heterocycles. The number of methoxy groups -OCH3 is 1. The number of nitrogens with two attached hydrogens (primary N) is 3. The third kappa shape index (κ3) is 9.33. The molecular weight excluding hydrogens is 463 g/mol. The van der Waals surface area contributed by atoms with Crippen molar-refractivity contribution in [1.29, 1.82) is 0 Å². The Balaban J connectivity index is 3.17. The van der Waals surface area contributed by atoms with Crippen molar-refractivity contribution in [3.8, 4) is 0 Å². The van der Waals surface area contributed by atoms with Crippen molar-refractivity contribution >= 4 is 40.6 Å². The van der Waals surface area contributed by atoms with Gasteiger partial charge in [-0.05, 0) is 61.7 Å². The molecule has 0 heterocycles. The van der Waals surface area contributed by atoms with Crippen molar-refractivity contribution in [2.45, 2.75) is 46.6 Å². The Morgan fingerprint density at radius 2 is 1.94 bits per heavy atom. The molecule has 1 aromatic rings. The lowest BCUT2D eigenvalue weighted by atomic mass is 10.1.